The number of thioether (sulfide) groups is 1. The minimum Gasteiger partial charge on any atom is -0.469 e. The maximum Gasteiger partial charge on any atom is 0.305 e. The van der Waals surface area contributed by atoms with E-state index in [-0.39, 0.29) is 17.1 Å². The summed E-state index contributed by atoms with van der Waals surface area (Å²) in [5.41, 5.74) is 0.516. The van der Waals surface area contributed by atoms with Gasteiger partial charge in [-0.1, -0.05) is 24.6 Å². The van der Waals surface area contributed by atoms with E-state index >= 15 is 0 Å². The first-order valence-corrected chi connectivity index (χ1v) is 11.6. The Kier molecular flexibility index (Phi) is 8.12. The molecule has 0 aliphatic carbocycles. The fourth-order valence-electron chi connectivity index (χ4n) is 2.94. The van der Waals surface area contributed by atoms with Crippen molar-refractivity contribution in [1.29, 1.82) is 0 Å². The zero-order valence-electron chi connectivity index (χ0n) is 15.4. The largest absolute Gasteiger partial charge is 0.469 e. The number of rotatable bonds is 9. The first kappa shape index (κ1) is 21.7. The molecule has 1 N–H and O–H groups in total. The third-order valence-corrected chi connectivity index (χ3v) is 6.29. The van der Waals surface area contributed by atoms with Gasteiger partial charge in [0.25, 0.3) is 16.0 Å². The van der Waals surface area contributed by atoms with Gasteiger partial charge in [-0.25, -0.2) is 0 Å². The van der Waals surface area contributed by atoms with Crippen LogP contribution in [0.15, 0.2) is 30.3 Å². The summed E-state index contributed by atoms with van der Waals surface area (Å²) < 4.78 is 33.3. The monoisotopic (exact) mass is 415 g/mol. The molecule has 150 valence electrons. The van der Waals surface area contributed by atoms with Crippen molar-refractivity contribution in [3.8, 4) is 0 Å². The number of ether oxygens (including phenoxy) is 1. The Morgan fingerprint density at radius 1 is 1.22 bits per heavy atom. The van der Waals surface area contributed by atoms with Gasteiger partial charge in [0.05, 0.1) is 19.4 Å². The quantitative estimate of drug-likeness (QED) is 0.374. The number of carbonyl (C=O) groups is 2. The molecule has 1 aromatic rings. The zero-order chi connectivity index (χ0) is 19.9. The van der Waals surface area contributed by atoms with Gasteiger partial charge in [-0.15, -0.1) is 0 Å². The first-order valence-electron chi connectivity index (χ1n) is 8.73. The molecular weight excluding hydrogens is 390 g/mol. The highest BCUT2D eigenvalue weighted by molar-refractivity contribution is 8.00. The number of hydrogen-bond acceptors (Lipinski definition) is 7. The molecule has 1 fully saturated rings. The SMILES string of the molecule is COC(=O)CCCC[C@@H]1SC[C@H](NC(=O)c2ccccc2)[C@H]1OS(C)(=O)=O. The van der Waals surface area contributed by atoms with Crippen molar-refractivity contribution < 1.29 is 26.9 Å². The summed E-state index contributed by atoms with van der Waals surface area (Å²) in [7, 11) is -2.31. The van der Waals surface area contributed by atoms with Gasteiger partial charge >= 0.3 is 5.97 Å². The highest BCUT2D eigenvalue weighted by Crippen LogP contribution is 2.34. The second-order valence-corrected chi connectivity index (χ2v) is 9.28. The maximum atomic E-state index is 12.4. The van der Waals surface area contributed by atoms with E-state index in [2.05, 4.69) is 10.1 Å². The van der Waals surface area contributed by atoms with Crippen molar-refractivity contribution in [2.75, 3.05) is 19.1 Å². The second-order valence-electron chi connectivity index (χ2n) is 6.40. The first-order chi connectivity index (χ1) is 12.8. The topological polar surface area (TPSA) is 98.8 Å². The van der Waals surface area contributed by atoms with E-state index in [0.29, 0.717) is 30.6 Å². The minimum atomic E-state index is -3.66. The Balaban J connectivity index is 1.97. The van der Waals surface area contributed by atoms with Crippen LogP contribution in [0.5, 0.6) is 0 Å². The van der Waals surface area contributed by atoms with Gasteiger partial charge in [0.1, 0.15) is 6.10 Å². The summed E-state index contributed by atoms with van der Waals surface area (Å²) in [5.74, 6) is 0.0566. The average molecular weight is 416 g/mol. The predicted molar refractivity (Wildman–Crippen MR) is 104 cm³/mol. The molecule has 2 rings (SSSR count). The van der Waals surface area contributed by atoms with Crippen LogP contribution in [0.3, 0.4) is 0 Å². The van der Waals surface area contributed by atoms with E-state index in [1.165, 1.54) is 7.11 Å². The van der Waals surface area contributed by atoms with Crippen molar-refractivity contribution in [2.45, 2.75) is 43.1 Å². The molecule has 0 saturated carbocycles. The smallest absolute Gasteiger partial charge is 0.305 e. The van der Waals surface area contributed by atoms with Gasteiger partial charge in [-0.3, -0.25) is 13.8 Å². The number of methoxy groups -OCH3 is 1. The molecule has 0 bridgehead atoms. The highest BCUT2D eigenvalue weighted by Gasteiger charge is 2.40. The fraction of sp³-hybridized carbons (Fsp3) is 0.556. The molecule has 1 aromatic carbocycles. The van der Waals surface area contributed by atoms with Crippen LogP contribution >= 0.6 is 11.8 Å². The average Bonchev–Trinajstić information content (AvgIpc) is 2.99. The van der Waals surface area contributed by atoms with Crippen LogP contribution in [0.2, 0.25) is 0 Å². The Bertz CT molecular complexity index is 737. The molecule has 7 nitrogen and oxygen atoms in total. The van der Waals surface area contributed by atoms with E-state index in [1.54, 1.807) is 36.0 Å². The standard InChI is InChI=1S/C18H25NO6S2/c1-24-16(20)11-7-6-10-15-17(25-27(2,22)23)14(12-26-15)19-18(21)13-8-4-3-5-9-13/h3-5,8-9,14-15,17H,6-7,10-12H2,1-2H3,(H,19,21)/t14-,15-,17+/m0/s1. The van der Waals surface area contributed by atoms with E-state index in [4.69, 9.17) is 4.18 Å². The predicted octanol–water partition coefficient (Wildman–Crippen LogP) is 1.98. The van der Waals surface area contributed by atoms with Crippen molar-refractivity contribution in [3.63, 3.8) is 0 Å². The van der Waals surface area contributed by atoms with Gasteiger partial charge < -0.3 is 10.1 Å². The molecule has 0 radical (unpaired) electrons. The van der Waals surface area contributed by atoms with Crippen molar-refractivity contribution >= 4 is 33.8 Å². The van der Waals surface area contributed by atoms with Crippen LogP contribution in [0, 0.1) is 0 Å². The van der Waals surface area contributed by atoms with Gasteiger partial charge in [-0.05, 0) is 25.0 Å². The van der Waals surface area contributed by atoms with Crippen LogP contribution in [0.1, 0.15) is 36.0 Å². The Morgan fingerprint density at radius 3 is 2.56 bits per heavy atom. The molecule has 1 amide bonds. The van der Waals surface area contributed by atoms with Crippen LogP contribution in [0.4, 0.5) is 0 Å². The van der Waals surface area contributed by atoms with Crippen molar-refractivity contribution in [1.82, 2.24) is 5.32 Å². The Labute approximate surface area is 164 Å². The Morgan fingerprint density at radius 2 is 1.93 bits per heavy atom. The second kappa shape index (κ2) is 10.1. The summed E-state index contributed by atoms with van der Waals surface area (Å²) in [4.78, 5) is 23.6. The molecule has 0 spiro atoms. The van der Waals surface area contributed by atoms with Crippen LogP contribution in [0.25, 0.3) is 0 Å². The molecule has 9 heteroatoms. The number of benzene rings is 1. The number of nitrogens with one attached hydrogen (secondary N) is 1. The van der Waals surface area contributed by atoms with Crippen LogP contribution in [-0.2, 0) is 23.8 Å². The molecule has 0 aromatic heterocycles. The van der Waals surface area contributed by atoms with Crippen molar-refractivity contribution in [2.24, 2.45) is 0 Å². The minimum absolute atomic E-state index is 0.0709. The molecule has 0 unspecified atom stereocenters. The van der Waals surface area contributed by atoms with Gasteiger partial charge in [0, 0.05) is 23.0 Å². The van der Waals surface area contributed by atoms with Gasteiger partial charge in [0.2, 0.25) is 0 Å². The molecule has 27 heavy (non-hydrogen) atoms. The summed E-state index contributed by atoms with van der Waals surface area (Å²) in [6, 6.07) is 8.37. The van der Waals surface area contributed by atoms with E-state index in [1.807, 2.05) is 6.07 Å². The molecular formula is C18H25NO6S2. The summed E-state index contributed by atoms with van der Waals surface area (Å²) in [5, 5.41) is 2.82. The molecule has 1 aliphatic rings. The normalized spacial score (nSPS) is 22.4. The summed E-state index contributed by atoms with van der Waals surface area (Å²) in [6.07, 6.45) is 2.82. The zero-order valence-corrected chi connectivity index (χ0v) is 17.1. The number of amides is 1. The lowest BCUT2D eigenvalue weighted by atomic mass is 10.0. The Hall–Kier alpha value is -1.58. The number of unbranched alkanes of at least 4 members (excludes halogenated alkanes) is 1. The number of carbonyl (C=O) groups excluding carboxylic acids is 2. The molecule has 1 saturated heterocycles. The van der Waals surface area contributed by atoms with Crippen LogP contribution in [-0.4, -0.2) is 56.8 Å². The van der Waals surface area contributed by atoms with Gasteiger partial charge in [0.15, 0.2) is 0 Å². The third-order valence-electron chi connectivity index (χ3n) is 4.24. The number of hydrogen-bond donors (Lipinski definition) is 1. The third kappa shape index (κ3) is 7.15. The fourth-order valence-corrected chi connectivity index (χ4v) is 5.17. The summed E-state index contributed by atoms with van der Waals surface area (Å²) >= 11 is 1.58. The van der Waals surface area contributed by atoms with Gasteiger partial charge in [-0.2, -0.15) is 20.2 Å². The maximum absolute atomic E-state index is 12.4. The van der Waals surface area contributed by atoms with Crippen molar-refractivity contribution in [3.05, 3.63) is 35.9 Å². The van der Waals surface area contributed by atoms with Crippen LogP contribution < -0.4 is 5.32 Å². The summed E-state index contributed by atoms with van der Waals surface area (Å²) in [6.45, 7) is 0. The lowest BCUT2D eigenvalue weighted by Crippen LogP contribution is -2.46. The molecule has 1 heterocycles. The van der Waals surface area contributed by atoms with E-state index in [0.717, 1.165) is 12.7 Å². The van der Waals surface area contributed by atoms with E-state index < -0.39 is 22.3 Å². The molecule has 3 atom stereocenters. The number of esters is 1. The lowest BCUT2D eigenvalue weighted by Gasteiger charge is -2.24. The molecule has 1 aliphatic heterocycles. The highest BCUT2D eigenvalue weighted by atomic mass is 32.2. The lowest BCUT2D eigenvalue weighted by molar-refractivity contribution is -0.140. The van der Waals surface area contributed by atoms with E-state index in [9.17, 15) is 18.0 Å².